The van der Waals surface area contributed by atoms with Gasteiger partial charge >= 0.3 is 6.18 Å². The van der Waals surface area contributed by atoms with Gasteiger partial charge in [-0.25, -0.2) is 4.68 Å². The van der Waals surface area contributed by atoms with Crippen LogP contribution in [-0.4, -0.2) is 9.78 Å². The van der Waals surface area contributed by atoms with E-state index in [9.17, 15) is 13.2 Å². The van der Waals surface area contributed by atoms with Gasteiger partial charge in [-0.3, -0.25) is 0 Å². The topological polar surface area (TPSA) is 43.8 Å². The van der Waals surface area contributed by atoms with E-state index < -0.39 is 11.7 Å². The van der Waals surface area contributed by atoms with Crippen LogP contribution in [0.25, 0.3) is 5.69 Å². The molecule has 2 aromatic rings. The second-order valence-corrected chi connectivity index (χ2v) is 5.14. The molecule has 1 aromatic carbocycles. The van der Waals surface area contributed by atoms with Gasteiger partial charge in [-0.2, -0.15) is 18.3 Å². The third-order valence-corrected chi connectivity index (χ3v) is 3.79. The lowest BCUT2D eigenvalue weighted by molar-refractivity contribution is -0.137. The molecule has 1 aliphatic rings. The first-order valence-corrected chi connectivity index (χ1v) is 6.49. The molecular weight excluding hydrogens is 291 g/mol. The van der Waals surface area contributed by atoms with E-state index in [2.05, 4.69) is 5.10 Å². The molecule has 3 rings (SSSR count). The molecular formula is C13H11ClF3N3. The average Bonchev–Trinajstić information content (AvgIpc) is 2.93. The van der Waals surface area contributed by atoms with Crippen LogP contribution in [0.1, 0.15) is 23.2 Å². The Kier molecular flexibility index (Phi) is 2.93. The maximum atomic E-state index is 12.9. The van der Waals surface area contributed by atoms with E-state index in [1.54, 1.807) is 0 Å². The fourth-order valence-electron chi connectivity index (χ4n) is 2.54. The van der Waals surface area contributed by atoms with Crippen LogP contribution in [0, 0.1) is 0 Å². The van der Waals surface area contributed by atoms with Crippen molar-refractivity contribution in [1.82, 2.24) is 9.78 Å². The van der Waals surface area contributed by atoms with Crippen molar-refractivity contribution < 1.29 is 13.2 Å². The first-order chi connectivity index (χ1) is 9.38. The number of anilines is 1. The summed E-state index contributed by atoms with van der Waals surface area (Å²) < 4.78 is 40.1. The van der Waals surface area contributed by atoms with Crippen molar-refractivity contribution in [3.8, 4) is 5.69 Å². The molecule has 0 unspecified atom stereocenters. The second-order valence-electron chi connectivity index (χ2n) is 4.74. The Bertz CT molecular complexity index is 676. The number of alkyl halides is 3. The third-order valence-electron chi connectivity index (χ3n) is 3.46. The van der Waals surface area contributed by atoms with Crippen molar-refractivity contribution in [2.24, 2.45) is 0 Å². The predicted molar refractivity (Wildman–Crippen MR) is 70.0 cm³/mol. The standard InChI is InChI=1S/C13H11ClF3N3/c14-10-5-4-7(6-9(10)13(15,16)17)20-11-3-1-2-8(11)12(18)19-20/h4-6H,1-3H2,(H2,18,19). The SMILES string of the molecule is Nc1nn(-c2ccc(Cl)c(C(F)(F)F)c2)c2c1CCC2. The minimum absolute atomic E-state index is 0.321. The molecule has 1 aliphatic carbocycles. The number of hydrogen-bond donors (Lipinski definition) is 1. The first-order valence-electron chi connectivity index (χ1n) is 6.11. The van der Waals surface area contributed by atoms with Gasteiger partial charge in [0.1, 0.15) is 5.82 Å². The maximum absolute atomic E-state index is 12.9. The molecule has 2 N–H and O–H groups in total. The number of hydrogen-bond acceptors (Lipinski definition) is 2. The van der Waals surface area contributed by atoms with Crippen molar-refractivity contribution in [2.75, 3.05) is 5.73 Å². The van der Waals surface area contributed by atoms with Gasteiger partial charge in [-0.1, -0.05) is 11.6 Å². The summed E-state index contributed by atoms with van der Waals surface area (Å²) in [4.78, 5) is 0. The van der Waals surface area contributed by atoms with Crippen LogP contribution in [0.15, 0.2) is 18.2 Å². The molecule has 0 spiro atoms. The largest absolute Gasteiger partial charge is 0.417 e. The summed E-state index contributed by atoms with van der Waals surface area (Å²) in [5, 5.41) is 3.82. The van der Waals surface area contributed by atoms with Gasteiger partial charge in [0.2, 0.25) is 0 Å². The molecule has 0 saturated heterocycles. The second kappa shape index (κ2) is 4.41. The molecule has 0 aliphatic heterocycles. The van der Waals surface area contributed by atoms with Crippen LogP contribution in [0.3, 0.4) is 0 Å². The number of fused-ring (bicyclic) bond motifs is 1. The van der Waals surface area contributed by atoms with E-state index in [1.807, 2.05) is 0 Å². The number of benzene rings is 1. The summed E-state index contributed by atoms with van der Waals surface area (Å²) in [5.41, 5.74) is 7.10. The monoisotopic (exact) mass is 301 g/mol. The van der Waals surface area contributed by atoms with Crippen LogP contribution in [0.2, 0.25) is 5.02 Å². The summed E-state index contributed by atoms with van der Waals surface area (Å²) in [6.45, 7) is 0. The number of aromatic nitrogens is 2. The molecule has 0 saturated carbocycles. The molecule has 0 atom stereocenters. The molecule has 1 heterocycles. The Balaban J connectivity index is 2.15. The van der Waals surface area contributed by atoms with Crippen LogP contribution in [0.5, 0.6) is 0 Å². The summed E-state index contributed by atoms with van der Waals surface area (Å²) in [5.74, 6) is 0.390. The van der Waals surface area contributed by atoms with Gasteiger partial charge in [-0.05, 0) is 37.5 Å². The molecule has 3 nitrogen and oxygen atoms in total. The normalized spacial score (nSPS) is 14.6. The fourth-order valence-corrected chi connectivity index (χ4v) is 2.77. The zero-order valence-electron chi connectivity index (χ0n) is 10.3. The molecule has 0 amide bonds. The Hall–Kier alpha value is -1.69. The lowest BCUT2D eigenvalue weighted by Gasteiger charge is -2.12. The Morgan fingerprint density at radius 2 is 2.00 bits per heavy atom. The van der Waals surface area contributed by atoms with Gasteiger partial charge in [-0.15, -0.1) is 0 Å². The highest BCUT2D eigenvalue weighted by atomic mass is 35.5. The van der Waals surface area contributed by atoms with Gasteiger partial charge in [0.25, 0.3) is 0 Å². The molecule has 7 heteroatoms. The van der Waals surface area contributed by atoms with Crippen LogP contribution in [-0.2, 0) is 19.0 Å². The smallest absolute Gasteiger partial charge is 0.382 e. The highest BCUT2D eigenvalue weighted by Gasteiger charge is 2.34. The lowest BCUT2D eigenvalue weighted by atomic mass is 10.2. The number of nitrogen functional groups attached to an aromatic ring is 1. The van der Waals surface area contributed by atoms with Crippen molar-refractivity contribution in [2.45, 2.75) is 25.4 Å². The molecule has 20 heavy (non-hydrogen) atoms. The van der Waals surface area contributed by atoms with E-state index in [-0.39, 0.29) is 5.02 Å². The van der Waals surface area contributed by atoms with Gasteiger partial charge in [0.05, 0.1) is 16.3 Å². The highest BCUT2D eigenvalue weighted by Crippen LogP contribution is 2.37. The number of nitrogens with two attached hydrogens (primary N) is 1. The Morgan fingerprint density at radius 1 is 1.25 bits per heavy atom. The Labute approximate surface area is 118 Å². The molecule has 0 fully saturated rings. The minimum atomic E-state index is -4.49. The minimum Gasteiger partial charge on any atom is -0.382 e. The van der Waals surface area contributed by atoms with Crippen molar-refractivity contribution in [3.05, 3.63) is 40.0 Å². The third kappa shape index (κ3) is 2.04. The van der Waals surface area contributed by atoms with E-state index in [4.69, 9.17) is 17.3 Å². The Morgan fingerprint density at radius 3 is 2.70 bits per heavy atom. The molecule has 0 radical (unpaired) electrons. The van der Waals surface area contributed by atoms with Crippen molar-refractivity contribution >= 4 is 17.4 Å². The summed E-state index contributed by atoms with van der Waals surface area (Å²) in [6.07, 6.45) is -1.96. The van der Waals surface area contributed by atoms with E-state index in [0.29, 0.717) is 11.5 Å². The van der Waals surface area contributed by atoms with Crippen LogP contribution >= 0.6 is 11.6 Å². The van der Waals surface area contributed by atoms with Crippen LogP contribution < -0.4 is 5.73 Å². The number of halogens is 4. The summed E-state index contributed by atoms with van der Waals surface area (Å²) in [7, 11) is 0. The predicted octanol–water partition coefficient (Wildman–Crippen LogP) is 3.62. The van der Waals surface area contributed by atoms with Gasteiger partial charge in [0.15, 0.2) is 0 Å². The zero-order chi connectivity index (χ0) is 14.5. The molecule has 106 valence electrons. The first kappa shape index (κ1) is 13.3. The summed E-state index contributed by atoms with van der Waals surface area (Å²) >= 11 is 5.62. The van der Waals surface area contributed by atoms with Crippen LogP contribution in [0.4, 0.5) is 19.0 Å². The van der Waals surface area contributed by atoms with Crippen molar-refractivity contribution in [3.63, 3.8) is 0 Å². The zero-order valence-corrected chi connectivity index (χ0v) is 11.1. The van der Waals surface area contributed by atoms with E-state index >= 15 is 0 Å². The average molecular weight is 302 g/mol. The maximum Gasteiger partial charge on any atom is 0.417 e. The number of nitrogens with zero attached hydrogens (tertiary/aromatic N) is 2. The summed E-state index contributed by atoms with van der Waals surface area (Å²) in [6, 6.07) is 3.76. The highest BCUT2D eigenvalue weighted by molar-refractivity contribution is 6.31. The van der Waals surface area contributed by atoms with Gasteiger partial charge in [0, 0.05) is 11.3 Å². The molecule has 1 aromatic heterocycles. The van der Waals surface area contributed by atoms with Crippen molar-refractivity contribution in [1.29, 1.82) is 0 Å². The van der Waals surface area contributed by atoms with Gasteiger partial charge < -0.3 is 5.73 Å². The number of rotatable bonds is 1. The fraction of sp³-hybridized carbons (Fsp3) is 0.308. The van der Waals surface area contributed by atoms with E-state index in [0.717, 1.165) is 36.6 Å². The van der Waals surface area contributed by atoms with E-state index in [1.165, 1.54) is 16.8 Å². The molecule has 0 bridgehead atoms. The lowest BCUT2D eigenvalue weighted by Crippen LogP contribution is -2.09. The quantitative estimate of drug-likeness (QED) is 0.874.